The van der Waals surface area contributed by atoms with Crippen molar-refractivity contribution in [2.75, 3.05) is 20.2 Å². The van der Waals surface area contributed by atoms with E-state index >= 15 is 0 Å². The highest BCUT2D eigenvalue weighted by Gasteiger charge is 2.36. The third-order valence-electron chi connectivity index (χ3n) is 4.42. The van der Waals surface area contributed by atoms with Crippen molar-refractivity contribution in [3.05, 3.63) is 35.9 Å². The van der Waals surface area contributed by atoms with E-state index in [4.69, 9.17) is 9.47 Å². The second-order valence-corrected chi connectivity index (χ2v) is 7.45. The van der Waals surface area contributed by atoms with E-state index in [9.17, 15) is 4.79 Å². The summed E-state index contributed by atoms with van der Waals surface area (Å²) in [4.78, 5) is 12.3. The van der Waals surface area contributed by atoms with Crippen LogP contribution < -0.4 is 10.6 Å². The van der Waals surface area contributed by atoms with E-state index in [1.54, 1.807) is 7.11 Å². The molecule has 5 heteroatoms. The topological polar surface area (TPSA) is 59.6 Å². The van der Waals surface area contributed by atoms with Gasteiger partial charge in [0.05, 0.1) is 11.6 Å². The van der Waals surface area contributed by atoms with E-state index in [-0.39, 0.29) is 11.6 Å². The van der Waals surface area contributed by atoms with Crippen LogP contribution in [0.5, 0.6) is 0 Å². The molecule has 1 atom stereocenters. The molecule has 134 valence electrons. The lowest BCUT2D eigenvalue weighted by Crippen LogP contribution is -2.46. The molecular formula is C19H30N2O3. The largest absolute Gasteiger partial charge is 0.444 e. The number of amides is 1. The molecule has 1 aliphatic rings. The number of carbonyl (C=O) groups excluding carboxylic acids is 1. The maximum absolute atomic E-state index is 12.3. The first kappa shape index (κ1) is 18.7. The van der Waals surface area contributed by atoms with Crippen LogP contribution in [0.2, 0.25) is 0 Å². The van der Waals surface area contributed by atoms with E-state index < -0.39 is 11.7 Å². The Bertz CT molecular complexity index is 519. The molecule has 0 aliphatic carbocycles. The molecule has 1 aromatic carbocycles. The second-order valence-electron chi connectivity index (χ2n) is 7.45. The van der Waals surface area contributed by atoms with Gasteiger partial charge in [-0.3, -0.25) is 0 Å². The Kier molecular flexibility index (Phi) is 6.24. The van der Waals surface area contributed by atoms with Crippen LogP contribution in [0, 0.1) is 0 Å². The zero-order chi connectivity index (χ0) is 17.6. The molecule has 1 heterocycles. The molecule has 0 saturated carbocycles. The van der Waals surface area contributed by atoms with Gasteiger partial charge in [-0.15, -0.1) is 0 Å². The lowest BCUT2D eigenvalue weighted by atomic mass is 9.83. The number of hydrogen-bond acceptors (Lipinski definition) is 4. The zero-order valence-electron chi connectivity index (χ0n) is 15.2. The Hall–Kier alpha value is -1.59. The normalized spacial score (nSPS) is 18.7. The van der Waals surface area contributed by atoms with Gasteiger partial charge in [0.1, 0.15) is 5.60 Å². The number of rotatable bonds is 5. The van der Waals surface area contributed by atoms with Crippen LogP contribution in [0.3, 0.4) is 0 Å². The maximum Gasteiger partial charge on any atom is 0.408 e. The first-order chi connectivity index (χ1) is 11.3. The molecule has 0 bridgehead atoms. The fourth-order valence-electron chi connectivity index (χ4n) is 3.13. The first-order valence-electron chi connectivity index (χ1n) is 8.64. The SMILES string of the molecule is COC1(CC(NC(=O)OC(C)(C)C)c2ccccc2)CCNCC1. The summed E-state index contributed by atoms with van der Waals surface area (Å²) < 4.78 is 11.3. The average Bonchev–Trinajstić information content (AvgIpc) is 2.54. The number of methoxy groups -OCH3 is 1. The van der Waals surface area contributed by atoms with Crippen LogP contribution in [-0.2, 0) is 9.47 Å². The van der Waals surface area contributed by atoms with E-state index in [0.29, 0.717) is 0 Å². The maximum atomic E-state index is 12.3. The summed E-state index contributed by atoms with van der Waals surface area (Å²) in [6, 6.07) is 9.88. The van der Waals surface area contributed by atoms with Crippen molar-refractivity contribution in [2.45, 2.75) is 57.3 Å². The van der Waals surface area contributed by atoms with Crippen LogP contribution in [0.25, 0.3) is 0 Å². The molecule has 1 aliphatic heterocycles. The van der Waals surface area contributed by atoms with Crippen molar-refractivity contribution in [2.24, 2.45) is 0 Å². The Morgan fingerprint density at radius 1 is 1.25 bits per heavy atom. The van der Waals surface area contributed by atoms with Crippen molar-refractivity contribution >= 4 is 6.09 Å². The minimum absolute atomic E-state index is 0.140. The summed E-state index contributed by atoms with van der Waals surface area (Å²) in [6.07, 6.45) is 2.21. The Balaban J connectivity index is 2.15. The molecule has 0 radical (unpaired) electrons. The van der Waals surface area contributed by atoms with Gasteiger partial charge in [-0.05, 0) is 52.3 Å². The summed E-state index contributed by atoms with van der Waals surface area (Å²) in [6.45, 7) is 7.47. The minimum Gasteiger partial charge on any atom is -0.444 e. The molecule has 1 fully saturated rings. The van der Waals surface area contributed by atoms with E-state index in [1.807, 2.05) is 51.1 Å². The highest BCUT2D eigenvalue weighted by molar-refractivity contribution is 5.68. The van der Waals surface area contributed by atoms with Crippen molar-refractivity contribution in [1.82, 2.24) is 10.6 Å². The first-order valence-corrected chi connectivity index (χ1v) is 8.64. The standard InChI is InChI=1S/C19H30N2O3/c1-18(2,3)24-17(22)21-16(15-8-6-5-7-9-15)14-19(23-4)10-12-20-13-11-19/h5-9,16,20H,10-14H2,1-4H3,(H,21,22). The van der Waals surface area contributed by atoms with Crippen molar-refractivity contribution in [1.29, 1.82) is 0 Å². The third-order valence-corrected chi connectivity index (χ3v) is 4.42. The molecule has 0 aromatic heterocycles. The molecule has 1 saturated heterocycles. The summed E-state index contributed by atoms with van der Waals surface area (Å²) in [7, 11) is 1.76. The number of nitrogens with one attached hydrogen (secondary N) is 2. The van der Waals surface area contributed by atoms with Crippen LogP contribution >= 0.6 is 0 Å². The molecule has 0 spiro atoms. The smallest absolute Gasteiger partial charge is 0.408 e. The number of benzene rings is 1. The monoisotopic (exact) mass is 334 g/mol. The van der Waals surface area contributed by atoms with Crippen LogP contribution in [-0.4, -0.2) is 37.5 Å². The van der Waals surface area contributed by atoms with Gasteiger partial charge in [0.15, 0.2) is 0 Å². The van der Waals surface area contributed by atoms with Gasteiger partial charge < -0.3 is 20.1 Å². The van der Waals surface area contributed by atoms with Gasteiger partial charge in [-0.1, -0.05) is 30.3 Å². The second kappa shape index (κ2) is 7.99. The van der Waals surface area contributed by atoms with Gasteiger partial charge in [0.25, 0.3) is 0 Å². The molecule has 1 amide bonds. The number of carbonyl (C=O) groups is 1. The molecule has 2 N–H and O–H groups in total. The number of piperidine rings is 1. The van der Waals surface area contributed by atoms with Crippen molar-refractivity contribution in [3.8, 4) is 0 Å². The zero-order valence-corrected chi connectivity index (χ0v) is 15.2. The lowest BCUT2D eigenvalue weighted by molar-refractivity contribution is -0.0478. The van der Waals surface area contributed by atoms with E-state index in [1.165, 1.54) is 0 Å². The molecule has 2 rings (SSSR count). The molecule has 24 heavy (non-hydrogen) atoms. The van der Waals surface area contributed by atoms with Gasteiger partial charge >= 0.3 is 6.09 Å². The fraction of sp³-hybridized carbons (Fsp3) is 0.632. The Morgan fingerprint density at radius 2 is 1.88 bits per heavy atom. The average molecular weight is 334 g/mol. The number of ether oxygens (including phenoxy) is 2. The highest BCUT2D eigenvalue weighted by atomic mass is 16.6. The summed E-state index contributed by atoms with van der Waals surface area (Å²) in [5.74, 6) is 0. The quantitative estimate of drug-likeness (QED) is 0.866. The number of hydrogen-bond donors (Lipinski definition) is 2. The van der Waals surface area contributed by atoms with Gasteiger partial charge in [0.2, 0.25) is 0 Å². The Morgan fingerprint density at radius 3 is 2.42 bits per heavy atom. The van der Waals surface area contributed by atoms with Gasteiger partial charge in [-0.2, -0.15) is 0 Å². The van der Waals surface area contributed by atoms with E-state index in [0.717, 1.165) is 37.9 Å². The lowest BCUT2D eigenvalue weighted by Gasteiger charge is -2.39. The van der Waals surface area contributed by atoms with Crippen molar-refractivity contribution in [3.63, 3.8) is 0 Å². The minimum atomic E-state index is -0.515. The van der Waals surface area contributed by atoms with Gasteiger partial charge in [-0.25, -0.2) is 4.79 Å². The molecule has 5 nitrogen and oxygen atoms in total. The number of alkyl carbamates (subject to hydrolysis) is 1. The summed E-state index contributed by atoms with van der Waals surface area (Å²) in [5, 5.41) is 6.40. The predicted octanol–water partition coefficient (Wildman–Crippen LogP) is 3.41. The summed E-state index contributed by atoms with van der Waals surface area (Å²) in [5.41, 5.74) is 0.332. The van der Waals surface area contributed by atoms with Gasteiger partial charge in [0, 0.05) is 13.5 Å². The highest BCUT2D eigenvalue weighted by Crippen LogP contribution is 2.33. The van der Waals surface area contributed by atoms with E-state index in [2.05, 4.69) is 10.6 Å². The van der Waals surface area contributed by atoms with Crippen LogP contribution in [0.4, 0.5) is 4.79 Å². The molecular weight excluding hydrogens is 304 g/mol. The Labute approximate surface area is 145 Å². The van der Waals surface area contributed by atoms with Crippen molar-refractivity contribution < 1.29 is 14.3 Å². The predicted molar refractivity (Wildman–Crippen MR) is 95.0 cm³/mol. The molecule has 1 unspecified atom stereocenters. The van der Waals surface area contributed by atoms with Crippen LogP contribution in [0.1, 0.15) is 51.6 Å². The fourth-order valence-corrected chi connectivity index (χ4v) is 3.13. The third kappa shape index (κ3) is 5.49. The summed E-state index contributed by atoms with van der Waals surface area (Å²) >= 11 is 0. The van der Waals surface area contributed by atoms with Crippen LogP contribution in [0.15, 0.2) is 30.3 Å². The molecule has 1 aromatic rings.